The van der Waals surface area contributed by atoms with E-state index in [-0.39, 0.29) is 6.61 Å². The molecular weight excluding hydrogens is 291 g/mol. The average Bonchev–Trinajstić information content (AvgIpc) is 2.53. The Bertz CT molecular complexity index is 377. The second kappa shape index (κ2) is 3.01. The fourth-order valence-corrected chi connectivity index (χ4v) is 4.15. The summed E-state index contributed by atoms with van der Waals surface area (Å²) in [5, 5.41) is 12.3. The van der Waals surface area contributed by atoms with E-state index < -0.39 is 0 Å². The maximum Gasteiger partial charge on any atom is 0.0879 e. The number of thiophene rings is 2. The van der Waals surface area contributed by atoms with E-state index in [4.69, 9.17) is 5.11 Å². The van der Waals surface area contributed by atoms with Crippen LogP contribution in [-0.4, -0.2) is 5.11 Å². The summed E-state index contributed by atoms with van der Waals surface area (Å²) in [6.45, 7) is 0.169. The minimum atomic E-state index is 0.169. The minimum absolute atomic E-state index is 0.169. The third-order valence-corrected chi connectivity index (χ3v) is 4.99. The van der Waals surface area contributed by atoms with Gasteiger partial charge >= 0.3 is 0 Å². The summed E-state index contributed by atoms with van der Waals surface area (Å²) in [6, 6.07) is 2.07. The summed E-state index contributed by atoms with van der Waals surface area (Å²) in [7, 11) is 0. The van der Waals surface area contributed by atoms with Gasteiger partial charge in [-0.25, -0.2) is 0 Å². The summed E-state index contributed by atoms with van der Waals surface area (Å²) >= 11 is 5.75. The molecule has 0 aliphatic rings. The Hall–Kier alpha value is 0.350. The highest BCUT2D eigenvalue weighted by molar-refractivity contribution is 14.1. The zero-order chi connectivity index (χ0) is 7.84. The quantitative estimate of drug-likeness (QED) is 0.802. The molecule has 1 N–H and O–H groups in total. The Kier molecular flexibility index (Phi) is 2.18. The van der Waals surface area contributed by atoms with Crippen LogP contribution in [0.15, 0.2) is 11.4 Å². The van der Waals surface area contributed by atoms with Gasteiger partial charge in [0.1, 0.15) is 0 Å². The number of hydrogen-bond donors (Lipinski definition) is 1. The van der Waals surface area contributed by atoms with Gasteiger partial charge in [0.25, 0.3) is 0 Å². The molecule has 11 heavy (non-hydrogen) atoms. The van der Waals surface area contributed by atoms with Gasteiger partial charge in [-0.15, -0.1) is 22.7 Å². The topological polar surface area (TPSA) is 20.2 Å². The summed E-state index contributed by atoms with van der Waals surface area (Å²) in [5.74, 6) is 0. The van der Waals surface area contributed by atoms with Gasteiger partial charge in [-0.1, -0.05) is 0 Å². The molecular formula is C7H5IOS2. The molecule has 0 bridgehead atoms. The zero-order valence-electron chi connectivity index (χ0n) is 5.50. The number of halogens is 1. The Morgan fingerprint density at radius 1 is 1.55 bits per heavy atom. The lowest BCUT2D eigenvalue weighted by atomic mass is 10.4. The zero-order valence-corrected chi connectivity index (χ0v) is 9.29. The Labute approximate surface area is 85.8 Å². The SMILES string of the molecule is OCc1cc2c(I)csc2s1. The van der Waals surface area contributed by atoms with Gasteiger partial charge in [0.05, 0.1) is 10.6 Å². The van der Waals surface area contributed by atoms with Gasteiger partial charge in [-0.3, -0.25) is 0 Å². The van der Waals surface area contributed by atoms with Gasteiger partial charge in [-0.05, 0) is 28.7 Å². The standard InChI is InChI=1S/C7H5IOS2/c8-6-3-10-7-5(6)1-4(2-9)11-7/h1,3,9H,2H2. The summed E-state index contributed by atoms with van der Waals surface area (Å²) < 4.78 is 2.61. The van der Waals surface area contributed by atoms with Gasteiger partial charge < -0.3 is 5.11 Å². The number of aliphatic hydroxyl groups is 1. The molecule has 2 aromatic rings. The largest absolute Gasteiger partial charge is 0.391 e. The molecule has 0 amide bonds. The molecule has 0 saturated carbocycles. The van der Waals surface area contributed by atoms with Crippen molar-refractivity contribution in [1.29, 1.82) is 0 Å². The number of aliphatic hydroxyl groups excluding tert-OH is 1. The van der Waals surface area contributed by atoms with Crippen LogP contribution in [0.3, 0.4) is 0 Å². The van der Waals surface area contributed by atoms with E-state index in [0.717, 1.165) is 4.88 Å². The lowest BCUT2D eigenvalue weighted by Gasteiger charge is -1.81. The van der Waals surface area contributed by atoms with Crippen molar-refractivity contribution in [1.82, 2.24) is 0 Å². The van der Waals surface area contributed by atoms with E-state index in [1.807, 2.05) is 0 Å². The molecule has 0 aliphatic carbocycles. The van der Waals surface area contributed by atoms with Crippen LogP contribution < -0.4 is 0 Å². The molecule has 58 valence electrons. The lowest BCUT2D eigenvalue weighted by molar-refractivity contribution is 0.285. The van der Waals surface area contributed by atoms with Crippen molar-refractivity contribution in [2.75, 3.05) is 0 Å². The molecule has 0 aromatic carbocycles. The number of hydrogen-bond acceptors (Lipinski definition) is 3. The van der Waals surface area contributed by atoms with Crippen LogP contribution in [0.2, 0.25) is 0 Å². The molecule has 2 rings (SSSR count). The maximum atomic E-state index is 8.86. The van der Waals surface area contributed by atoms with Crippen molar-refractivity contribution < 1.29 is 5.11 Å². The van der Waals surface area contributed by atoms with Crippen LogP contribution in [-0.2, 0) is 6.61 Å². The van der Waals surface area contributed by atoms with E-state index in [2.05, 4.69) is 34.0 Å². The first-order chi connectivity index (χ1) is 5.31. The van der Waals surface area contributed by atoms with Crippen molar-refractivity contribution in [2.45, 2.75) is 6.61 Å². The van der Waals surface area contributed by atoms with E-state index in [0.29, 0.717) is 0 Å². The van der Waals surface area contributed by atoms with Crippen molar-refractivity contribution in [2.24, 2.45) is 0 Å². The molecule has 2 aromatic heterocycles. The second-order valence-corrected chi connectivity index (χ2v) is 5.59. The fourth-order valence-electron chi connectivity index (χ4n) is 0.924. The third-order valence-electron chi connectivity index (χ3n) is 1.43. The van der Waals surface area contributed by atoms with Crippen LogP contribution in [0.5, 0.6) is 0 Å². The lowest BCUT2D eigenvalue weighted by Crippen LogP contribution is -1.70. The smallest absolute Gasteiger partial charge is 0.0879 e. The summed E-state index contributed by atoms with van der Waals surface area (Å²) in [4.78, 5) is 1.06. The second-order valence-electron chi connectivity index (χ2n) is 2.16. The molecule has 0 saturated heterocycles. The molecule has 0 radical (unpaired) electrons. The van der Waals surface area contributed by atoms with Crippen LogP contribution in [0, 0.1) is 3.57 Å². The molecule has 1 nitrogen and oxygen atoms in total. The monoisotopic (exact) mass is 296 g/mol. The Balaban J connectivity index is 2.70. The highest BCUT2D eigenvalue weighted by atomic mass is 127. The molecule has 0 unspecified atom stereocenters. The van der Waals surface area contributed by atoms with E-state index >= 15 is 0 Å². The summed E-state index contributed by atoms with van der Waals surface area (Å²) in [6.07, 6.45) is 0. The molecule has 2 heterocycles. The first-order valence-electron chi connectivity index (χ1n) is 3.07. The van der Waals surface area contributed by atoms with E-state index in [1.165, 1.54) is 13.0 Å². The predicted octanol–water partition coefficient (Wildman–Crippen LogP) is 3.06. The average molecular weight is 296 g/mol. The Morgan fingerprint density at radius 2 is 2.36 bits per heavy atom. The number of rotatable bonds is 1. The van der Waals surface area contributed by atoms with Crippen molar-refractivity contribution in [3.63, 3.8) is 0 Å². The van der Waals surface area contributed by atoms with Crippen LogP contribution in [0.25, 0.3) is 9.40 Å². The highest BCUT2D eigenvalue weighted by Gasteiger charge is 2.05. The van der Waals surface area contributed by atoms with Crippen LogP contribution in [0.1, 0.15) is 4.88 Å². The molecule has 0 atom stereocenters. The van der Waals surface area contributed by atoms with Gasteiger partial charge in [0.15, 0.2) is 0 Å². The van der Waals surface area contributed by atoms with Gasteiger partial charge in [0, 0.05) is 19.2 Å². The molecule has 0 spiro atoms. The van der Waals surface area contributed by atoms with Gasteiger partial charge in [0.2, 0.25) is 0 Å². The number of fused-ring (bicyclic) bond motifs is 1. The van der Waals surface area contributed by atoms with E-state index in [1.54, 1.807) is 22.7 Å². The Morgan fingerprint density at radius 3 is 3.00 bits per heavy atom. The first kappa shape index (κ1) is 7.97. The summed E-state index contributed by atoms with van der Waals surface area (Å²) in [5.41, 5.74) is 0. The molecule has 0 aliphatic heterocycles. The molecule has 0 fully saturated rings. The third kappa shape index (κ3) is 1.32. The van der Waals surface area contributed by atoms with Crippen molar-refractivity contribution in [3.05, 3.63) is 19.9 Å². The van der Waals surface area contributed by atoms with Gasteiger partial charge in [-0.2, -0.15) is 0 Å². The predicted molar refractivity (Wildman–Crippen MR) is 58.3 cm³/mol. The fraction of sp³-hybridized carbons (Fsp3) is 0.143. The van der Waals surface area contributed by atoms with Crippen molar-refractivity contribution >= 4 is 54.7 Å². The van der Waals surface area contributed by atoms with Crippen LogP contribution >= 0.6 is 45.3 Å². The first-order valence-corrected chi connectivity index (χ1v) is 5.85. The van der Waals surface area contributed by atoms with Crippen LogP contribution in [0.4, 0.5) is 0 Å². The maximum absolute atomic E-state index is 8.86. The highest BCUT2D eigenvalue weighted by Crippen LogP contribution is 2.34. The van der Waals surface area contributed by atoms with Crippen molar-refractivity contribution in [3.8, 4) is 0 Å². The molecule has 4 heteroatoms. The minimum Gasteiger partial charge on any atom is -0.391 e. The van der Waals surface area contributed by atoms with E-state index in [9.17, 15) is 0 Å². The normalized spacial score (nSPS) is 11.1.